The van der Waals surface area contributed by atoms with Gasteiger partial charge in [0.2, 0.25) is 0 Å². The number of fused-ring (bicyclic) bond motifs is 1. The van der Waals surface area contributed by atoms with Gasteiger partial charge in [-0.3, -0.25) is 19.8 Å². The molecule has 0 aliphatic carbocycles. The third-order valence-electron chi connectivity index (χ3n) is 7.66. The number of piperidine rings is 1. The maximum atomic E-state index is 13.1. The van der Waals surface area contributed by atoms with Crippen LogP contribution < -0.4 is 10.1 Å². The first kappa shape index (κ1) is 27.6. The lowest BCUT2D eigenvalue weighted by molar-refractivity contribution is -0.160. The van der Waals surface area contributed by atoms with Crippen molar-refractivity contribution in [3.63, 3.8) is 0 Å². The van der Waals surface area contributed by atoms with Crippen molar-refractivity contribution in [2.45, 2.75) is 96.3 Å². The van der Waals surface area contributed by atoms with Crippen molar-refractivity contribution in [3.05, 3.63) is 64.7 Å². The molecular formula is C30H39N3O6. The van der Waals surface area contributed by atoms with E-state index in [1.54, 1.807) is 11.0 Å². The molecule has 0 spiro atoms. The van der Waals surface area contributed by atoms with Crippen LogP contribution in [-0.4, -0.2) is 68.6 Å². The van der Waals surface area contributed by atoms with E-state index < -0.39 is 24.1 Å². The van der Waals surface area contributed by atoms with Gasteiger partial charge in [-0.05, 0) is 76.3 Å². The molecule has 39 heavy (non-hydrogen) atoms. The summed E-state index contributed by atoms with van der Waals surface area (Å²) >= 11 is 0. The van der Waals surface area contributed by atoms with Crippen LogP contribution in [0.15, 0.2) is 42.5 Å². The number of esters is 1. The van der Waals surface area contributed by atoms with Gasteiger partial charge in [-0.2, -0.15) is 0 Å². The van der Waals surface area contributed by atoms with Crippen LogP contribution >= 0.6 is 0 Å². The van der Waals surface area contributed by atoms with E-state index in [4.69, 9.17) is 9.47 Å². The highest BCUT2D eigenvalue weighted by molar-refractivity contribution is 5.99. The number of rotatable bonds is 7. The lowest BCUT2D eigenvalue weighted by Crippen LogP contribution is -2.56. The van der Waals surface area contributed by atoms with E-state index in [1.807, 2.05) is 45.0 Å². The molecule has 0 aromatic heterocycles. The van der Waals surface area contributed by atoms with Gasteiger partial charge in [0.05, 0.1) is 12.6 Å². The summed E-state index contributed by atoms with van der Waals surface area (Å²) < 4.78 is 11.8. The summed E-state index contributed by atoms with van der Waals surface area (Å²) in [5.74, 6) is 0.376. The van der Waals surface area contributed by atoms with Gasteiger partial charge in [0.15, 0.2) is 0 Å². The zero-order chi connectivity index (χ0) is 27.7. The summed E-state index contributed by atoms with van der Waals surface area (Å²) in [5, 5.41) is 22.9. The normalized spacial score (nSPS) is 25.6. The van der Waals surface area contributed by atoms with E-state index in [9.17, 15) is 19.8 Å². The Kier molecular flexibility index (Phi) is 7.96. The molecule has 2 aromatic rings. The fourth-order valence-corrected chi connectivity index (χ4v) is 5.72. The van der Waals surface area contributed by atoms with Crippen molar-refractivity contribution in [2.75, 3.05) is 6.54 Å². The predicted molar refractivity (Wildman–Crippen MR) is 145 cm³/mol. The maximum absolute atomic E-state index is 13.1. The Hall–Kier alpha value is -2.98. The largest absolute Gasteiger partial charge is 0.489 e. The molecule has 4 atom stereocenters. The Labute approximate surface area is 229 Å². The van der Waals surface area contributed by atoms with Crippen LogP contribution in [0, 0.1) is 0 Å². The number of hydrogen-bond acceptors (Lipinski definition) is 8. The van der Waals surface area contributed by atoms with E-state index in [0.717, 1.165) is 36.1 Å². The molecular weight excluding hydrogens is 498 g/mol. The van der Waals surface area contributed by atoms with Crippen LogP contribution in [0.1, 0.15) is 73.5 Å². The van der Waals surface area contributed by atoms with E-state index >= 15 is 0 Å². The van der Waals surface area contributed by atoms with Crippen molar-refractivity contribution in [2.24, 2.45) is 0 Å². The Bertz CT molecular complexity index is 1190. The predicted octanol–water partition coefficient (Wildman–Crippen LogP) is 2.92. The number of aliphatic hydroxyl groups excluding tert-OH is 2. The monoisotopic (exact) mass is 537 g/mol. The van der Waals surface area contributed by atoms with Gasteiger partial charge in [-0.25, -0.2) is 0 Å². The van der Waals surface area contributed by atoms with E-state index in [-0.39, 0.29) is 17.9 Å². The number of carbonyl (C=O) groups excluding carboxylic acids is 2. The fourth-order valence-electron chi connectivity index (χ4n) is 5.72. The van der Waals surface area contributed by atoms with Crippen LogP contribution in [-0.2, 0) is 29.2 Å². The highest BCUT2D eigenvalue weighted by Gasteiger charge is 2.40. The van der Waals surface area contributed by atoms with Crippen LogP contribution in [0.3, 0.4) is 0 Å². The second-order valence-electron chi connectivity index (χ2n) is 11.8. The topological polar surface area (TPSA) is 112 Å². The summed E-state index contributed by atoms with van der Waals surface area (Å²) in [4.78, 5) is 29.6. The fraction of sp³-hybridized carbons (Fsp3) is 0.533. The van der Waals surface area contributed by atoms with Gasteiger partial charge in [0, 0.05) is 17.7 Å². The average Bonchev–Trinajstić information content (AvgIpc) is 3.47. The summed E-state index contributed by atoms with van der Waals surface area (Å²) in [5.41, 5.74) is 3.05. The van der Waals surface area contributed by atoms with Gasteiger partial charge in [0.1, 0.15) is 36.5 Å². The SMILES string of the molecule is CC(C)(C)OC(=O)C1CCCN1Cc1ccc(COc2cccc3c2CN([C@H]2CC[C@H](O)N[C@H]2O)C3=O)cc1. The Morgan fingerprint density at radius 1 is 1.05 bits per heavy atom. The number of amides is 1. The van der Waals surface area contributed by atoms with Crippen LogP contribution in [0.25, 0.3) is 0 Å². The second kappa shape index (κ2) is 11.3. The van der Waals surface area contributed by atoms with Crippen LogP contribution in [0.5, 0.6) is 5.75 Å². The van der Waals surface area contributed by atoms with E-state index in [2.05, 4.69) is 22.3 Å². The Morgan fingerprint density at radius 2 is 1.79 bits per heavy atom. The van der Waals surface area contributed by atoms with Crippen molar-refractivity contribution in [1.82, 2.24) is 15.1 Å². The molecule has 0 radical (unpaired) electrons. The second-order valence-corrected chi connectivity index (χ2v) is 11.8. The van der Waals surface area contributed by atoms with E-state index in [1.165, 1.54) is 0 Å². The first-order valence-corrected chi connectivity index (χ1v) is 13.8. The molecule has 210 valence electrons. The number of ether oxygens (including phenoxy) is 2. The van der Waals surface area contributed by atoms with Crippen molar-refractivity contribution in [3.8, 4) is 5.75 Å². The third-order valence-corrected chi connectivity index (χ3v) is 7.66. The van der Waals surface area contributed by atoms with Crippen LogP contribution in [0.2, 0.25) is 0 Å². The minimum absolute atomic E-state index is 0.131. The lowest BCUT2D eigenvalue weighted by Gasteiger charge is -2.37. The molecule has 9 nitrogen and oxygen atoms in total. The van der Waals surface area contributed by atoms with Gasteiger partial charge in [-0.1, -0.05) is 30.3 Å². The first-order valence-electron chi connectivity index (χ1n) is 13.8. The number of benzene rings is 2. The number of likely N-dealkylation sites (tertiary alicyclic amines) is 1. The Morgan fingerprint density at radius 3 is 2.51 bits per heavy atom. The number of nitrogens with zero attached hydrogens (tertiary/aromatic N) is 2. The number of aliphatic hydroxyl groups is 2. The van der Waals surface area contributed by atoms with Crippen LogP contribution in [0.4, 0.5) is 0 Å². The standard InChI is InChI=1S/C30H39N3O6/c1-30(2,3)39-29(37)24-7-5-15-32(24)16-19-9-11-20(12-10-19)18-38-25-8-4-6-21-22(25)17-33(28(21)36)23-13-14-26(34)31-27(23)35/h4,6,8-12,23-24,26-27,31,34-35H,5,7,13-18H2,1-3H3/t23-,24?,26-,27-/m0/s1. The lowest BCUT2D eigenvalue weighted by atomic mass is 10.0. The molecule has 0 bridgehead atoms. The zero-order valence-corrected chi connectivity index (χ0v) is 22.9. The number of nitrogens with one attached hydrogen (secondary N) is 1. The molecule has 3 aliphatic heterocycles. The van der Waals surface area contributed by atoms with Gasteiger partial charge in [0.25, 0.3) is 5.91 Å². The first-order chi connectivity index (χ1) is 18.6. The highest BCUT2D eigenvalue weighted by atomic mass is 16.6. The maximum Gasteiger partial charge on any atom is 0.323 e. The quantitative estimate of drug-likeness (QED) is 0.463. The molecule has 5 rings (SSSR count). The average molecular weight is 538 g/mol. The summed E-state index contributed by atoms with van der Waals surface area (Å²) in [6.07, 6.45) is 1.06. The van der Waals surface area contributed by atoms with Crippen molar-refractivity contribution in [1.29, 1.82) is 0 Å². The zero-order valence-electron chi connectivity index (χ0n) is 22.9. The molecule has 2 fully saturated rings. The minimum Gasteiger partial charge on any atom is -0.489 e. The molecule has 1 unspecified atom stereocenters. The summed E-state index contributed by atoms with van der Waals surface area (Å²) in [6.45, 7) is 7.96. The van der Waals surface area contributed by atoms with Gasteiger partial charge >= 0.3 is 5.97 Å². The number of carbonyl (C=O) groups is 2. The third kappa shape index (κ3) is 6.27. The van der Waals surface area contributed by atoms with E-state index in [0.29, 0.717) is 43.9 Å². The molecule has 3 N–H and O–H groups in total. The Balaban J connectivity index is 1.19. The van der Waals surface area contributed by atoms with Crippen molar-refractivity contribution < 1.29 is 29.3 Å². The molecule has 0 saturated carbocycles. The molecule has 2 saturated heterocycles. The molecule has 2 aromatic carbocycles. The highest BCUT2D eigenvalue weighted by Crippen LogP contribution is 2.34. The molecule has 9 heteroatoms. The van der Waals surface area contributed by atoms with Gasteiger partial charge < -0.3 is 24.6 Å². The molecule has 3 aliphatic rings. The smallest absolute Gasteiger partial charge is 0.323 e. The minimum atomic E-state index is -0.977. The molecule has 1 amide bonds. The number of hydrogen-bond donors (Lipinski definition) is 3. The van der Waals surface area contributed by atoms with Gasteiger partial charge in [-0.15, -0.1) is 0 Å². The van der Waals surface area contributed by atoms with Crippen molar-refractivity contribution >= 4 is 11.9 Å². The summed E-state index contributed by atoms with van der Waals surface area (Å²) in [6, 6.07) is 13.1. The molecule has 3 heterocycles. The summed E-state index contributed by atoms with van der Waals surface area (Å²) in [7, 11) is 0.